The van der Waals surface area contributed by atoms with E-state index in [4.69, 9.17) is 37.6 Å². The number of carboxylic acids is 1. The molecule has 3 aliphatic carbocycles. The average molecular weight is 1110 g/mol. The number of hydrogen-bond acceptors (Lipinski definition) is 19. The van der Waals surface area contributed by atoms with Crippen LogP contribution < -0.4 is 10.6 Å². The lowest BCUT2D eigenvalue weighted by molar-refractivity contribution is -0.346. The summed E-state index contributed by atoms with van der Waals surface area (Å²) in [4.78, 5) is 139. The Kier molecular flexibility index (Phi) is 18.0. The summed E-state index contributed by atoms with van der Waals surface area (Å²) in [6, 6.07) is 13.7. The molecule has 2 saturated carbocycles. The van der Waals surface area contributed by atoms with E-state index in [0.717, 1.165) is 19.9 Å². The predicted octanol–water partition coefficient (Wildman–Crippen LogP) is 5.00. The summed E-state index contributed by atoms with van der Waals surface area (Å²) < 4.78 is 48.1. The van der Waals surface area contributed by atoms with Gasteiger partial charge in [0.05, 0.1) is 36.0 Å². The molecule has 2 heterocycles. The molecule has 80 heavy (non-hydrogen) atoms. The zero-order valence-electron chi connectivity index (χ0n) is 45.5. The number of carbonyl (C=O) groups excluding carboxylic acids is 9. The van der Waals surface area contributed by atoms with Gasteiger partial charge >= 0.3 is 41.8 Å². The molecular formula is C58H66N2O20. The molecule has 0 unspecified atom stereocenters. The number of aliphatic hydroxyl groups is 1. The van der Waals surface area contributed by atoms with Crippen LogP contribution in [0.15, 0.2) is 101 Å². The van der Waals surface area contributed by atoms with Crippen LogP contribution in [-0.2, 0) is 76.3 Å². The number of furan rings is 1. The number of aliphatic carboxylic acids is 1. The smallest absolute Gasteiger partial charge is 0.350 e. The minimum atomic E-state index is -2.57. The van der Waals surface area contributed by atoms with Gasteiger partial charge in [0.2, 0.25) is 17.9 Å². The van der Waals surface area contributed by atoms with Crippen LogP contribution in [-0.4, -0.2) is 130 Å². The number of Topliss-reactive ketones (excluding diaryl/α,β-unsaturated/α-hetero) is 1. The van der Waals surface area contributed by atoms with Crippen LogP contribution in [0.1, 0.15) is 121 Å². The lowest BCUT2D eigenvalue weighted by atomic mass is 9.44. The quantitative estimate of drug-likeness (QED) is 0.0501. The molecule has 1 aromatic heterocycles. The third kappa shape index (κ3) is 11.8. The number of carboxylic acid groups (broad SMARTS) is 1. The average Bonchev–Trinajstić information content (AvgIpc) is 3.59. The molecule has 1 aliphatic heterocycles. The van der Waals surface area contributed by atoms with Gasteiger partial charge in [-0.3, -0.25) is 38.4 Å². The third-order valence-corrected chi connectivity index (χ3v) is 15.8. The highest BCUT2D eigenvalue weighted by molar-refractivity contribution is 5.97. The number of ether oxygens (including phenoxy) is 7. The molecule has 7 rings (SSSR count). The number of amides is 2. The number of nitrogens with one attached hydrogen (secondary N) is 2. The maximum absolute atomic E-state index is 16.2. The lowest BCUT2D eigenvalue weighted by Crippen LogP contribution is -2.82. The minimum absolute atomic E-state index is 0.00898. The first-order chi connectivity index (χ1) is 37.8. The fourth-order valence-corrected chi connectivity index (χ4v) is 11.6. The molecule has 428 valence electrons. The van der Waals surface area contributed by atoms with Crippen molar-refractivity contribution in [1.29, 1.82) is 0 Å². The fraction of sp³-hybridized carbons (Fsp3) is 0.483. The Labute approximate surface area is 460 Å². The van der Waals surface area contributed by atoms with Crippen molar-refractivity contribution in [3.05, 3.63) is 113 Å². The van der Waals surface area contributed by atoms with Gasteiger partial charge in [-0.2, -0.15) is 0 Å². The molecular weight excluding hydrogens is 1040 g/mol. The van der Waals surface area contributed by atoms with Gasteiger partial charge in [0, 0.05) is 63.0 Å². The zero-order valence-corrected chi connectivity index (χ0v) is 45.5. The molecule has 1 saturated heterocycles. The Bertz CT molecular complexity index is 2930. The number of rotatable bonds is 20. The summed E-state index contributed by atoms with van der Waals surface area (Å²) in [5.41, 5.74) is -7.88. The zero-order chi connectivity index (χ0) is 58.5. The Hall–Kier alpha value is -7.98. The number of hydrogen-bond donors (Lipinski definition) is 4. The Morgan fingerprint density at radius 3 is 2.08 bits per heavy atom. The Balaban J connectivity index is 1.40. The summed E-state index contributed by atoms with van der Waals surface area (Å²) >= 11 is 0. The summed E-state index contributed by atoms with van der Waals surface area (Å²) in [5.74, 6) is -11.6. The standard InChI is InChI=1S/C58H66N2O20/c1-9-43(66)77-39-27-40-57(30-74-40,80-33(5)62)49-51(79-53(70)36-19-15-12-16-20-36)58(72)28-38(31(3)45(55(58,6)7)47(75-32(4)61)50(68)56(39,49)8)76-54(71)48(78-44(67)10-2)46(35-17-13-11-14-18-35)60-52(69)37(22-24-42(64)65)59-41(63)23-21-34-25-26-73-29-34/h11-21,23,25-26,29,37-40,46-49,51,72H,9-10,22,24,27-28,30H2,1-8H3,(H,59,63)(H,60,69)(H,64,65)/b23-21+/t37-,38+,39+,40-,46+,47-,48-,49+,51+,56-,57+,58-/m1/s1. The molecule has 4 N–H and O–H groups in total. The van der Waals surface area contributed by atoms with E-state index >= 15 is 9.59 Å². The van der Waals surface area contributed by atoms with E-state index in [1.54, 1.807) is 42.5 Å². The molecule has 0 spiro atoms. The maximum atomic E-state index is 16.2. The van der Waals surface area contributed by atoms with E-state index in [9.17, 15) is 48.6 Å². The highest BCUT2D eigenvalue weighted by Crippen LogP contribution is 2.65. The maximum Gasteiger partial charge on any atom is 0.350 e. The highest BCUT2D eigenvalue weighted by atomic mass is 16.6. The van der Waals surface area contributed by atoms with Crippen molar-refractivity contribution in [2.24, 2.45) is 16.7 Å². The van der Waals surface area contributed by atoms with Crippen molar-refractivity contribution >= 4 is 65.5 Å². The Morgan fingerprint density at radius 2 is 1.50 bits per heavy atom. The number of esters is 6. The molecule has 2 bridgehead atoms. The van der Waals surface area contributed by atoms with Gasteiger partial charge in [-0.1, -0.05) is 76.2 Å². The molecule has 22 heteroatoms. The van der Waals surface area contributed by atoms with Gasteiger partial charge in [-0.25, -0.2) is 9.59 Å². The Morgan fingerprint density at radius 1 is 0.838 bits per heavy atom. The summed E-state index contributed by atoms with van der Waals surface area (Å²) in [5, 5.41) is 28.9. The number of fused-ring (bicyclic) bond motifs is 5. The van der Waals surface area contributed by atoms with Crippen molar-refractivity contribution in [3.8, 4) is 0 Å². The first-order valence-corrected chi connectivity index (χ1v) is 26.2. The van der Waals surface area contributed by atoms with E-state index in [-0.39, 0.29) is 41.5 Å². The highest BCUT2D eigenvalue weighted by Gasteiger charge is 2.79. The molecule has 12 atom stereocenters. The van der Waals surface area contributed by atoms with Crippen molar-refractivity contribution in [1.82, 2.24) is 10.6 Å². The number of ketones is 1. The van der Waals surface area contributed by atoms with Crippen LogP contribution in [0.5, 0.6) is 0 Å². The molecule has 4 aliphatic rings. The fourth-order valence-electron chi connectivity index (χ4n) is 11.6. The second-order valence-corrected chi connectivity index (χ2v) is 21.0. The number of benzene rings is 2. The van der Waals surface area contributed by atoms with Gasteiger partial charge in [0.1, 0.15) is 42.1 Å². The van der Waals surface area contributed by atoms with Gasteiger partial charge in [-0.05, 0) is 61.3 Å². The van der Waals surface area contributed by atoms with Crippen molar-refractivity contribution in [2.45, 2.75) is 154 Å². The van der Waals surface area contributed by atoms with Crippen LogP contribution in [0.25, 0.3) is 6.08 Å². The summed E-state index contributed by atoms with van der Waals surface area (Å²) in [7, 11) is 0. The van der Waals surface area contributed by atoms with Gasteiger partial charge < -0.3 is 58.4 Å². The SMILES string of the molecule is CCC(=O)O[C@H]1C[C@H]2OC[C@@]2(OC(C)=O)[C@H]2[C@H](OC(=O)c3ccccc3)[C@]3(O)C[C@H](OC(=O)[C@H](OC(=O)CC)[C@@H](NC(=O)[C@@H](CCC(=O)O)NC(=O)/C=C/c4ccoc4)c4ccccc4)C(C)=C([C@@H](OC(C)=O)C(=O)[C@]12C)C3(C)C. The van der Waals surface area contributed by atoms with E-state index < -0.39 is 162 Å². The van der Waals surface area contributed by atoms with Gasteiger partial charge in [0.15, 0.2) is 17.5 Å². The van der Waals surface area contributed by atoms with Gasteiger partial charge in [0.25, 0.3) is 0 Å². The molecule has 3 fully saturated rings. The normalized spacial score (nSPS) is 27.6. The van der Waals surface area contributed by atoms with Crippen molar-refractivity contribution in [2.75, 3.05) is 6.61 Å². The first-order valence-electron chi connectivity index (χ1n) is 26.2. The van der Waals surface area contributed by atoms with E-state index in [1.807, 2.05) is 0 Å². The lowest BCUT2D eigenvalue weighted by Gasteiger charge is -2.67. The molecule has 0 radical (unpaired) electrons. The predicted molar refractivity (Wildman–Crippen MR) is 277 cm³/mol. The third-order valence-electron chi connectivity index (χ3n) is 15.8. The van der Waals surface area contributed by atoms with Gasteiger partial charge in [-0.15, -0.1) is 0 Å². The van der Waals surface area contributed by atoms with E-state index in [1.165, 1.54) is 84.4 Å². The minimum Gasteiger partial charge on any atom is -0.481 e. The topological polar surface area (TPSA) is 313 Å². The van der Waals surface area contributed by atoms with Crippen LogP contribution >= 0.6 is 0 Å². The molecule has 3 aromatic rings. The van der Waals surface area contributed by atoms with Crippen LogP contribution in [0.3, 0.4) is 0 Å². The largest absolute Gasteiger partial charge is 0.481 e. The summed E-state index contributed by atoms with van der Waals surface area (Å²) in [6.45, 7) is 10.6. The van der Waals surface area contributed by atoms with Crippen molar-refractivity contribution < 1.29 is 95.7 Å². The van der Waals surface area contributed by atoms with E-state index in [2.05, 4.69) is 10.6 Å². The second kappa shape index (κ2) is 24.2. The van der Waals surface area contributed by atoms with Crippen LogP contribution in [0.4, 0.5) is 0 Å². The van der Waals surface area contributed by atoms with Crippen LogP contribution in [0, 0.1) is 16.7 Å². The molecule has 2 aromatic carbocycles. The van der Waals surface area contributed by atoms with Crippen molar-refractivity contribution in [3.63, 3.8) is 0 Å². The molecule has 2 amide bonds. The second-order valence-electron chi connectivity index (χ2n) is 21.0. The monoisotopic (exact) mass is 1110 g/mol. The first kappa shape index (κ1) is 59.7. The van der Waals surface area contributed by atoms with E-state index in [0.29, 0.717) is 5.56 Å². The van der Waals surface area contributed by atoms with Crippen LogP contribution in [0.2, 0.25) is 0 Å². The molecule has 22 nitrogen and oxygen atoms in total. The number of carbonyl (C=O) groups is 10. The summed E-state index contributed by atoms with van der Waals surface area (Å²) in [6.07, 6.45) is -7.54.